The third kappa shape index (κ3) is 3.71. The van der Waals surface area contributed by atoms with Crippen LogP contribution >= 0.6 is 11.6 Å². The second kappa shape index (κ2) is 6.71. The molecule has 0 amide bonds. The van der Waals surface area contributed by atoms with Crippen LogP contribution in [0.25, 0.3) is 0 Å². The molecule has 0 unspecified atom stereocenters. The van der Waals surface area contributed by atoms with Crippen molar-refractivity contribution in [2.45, 2.75) is 0 Å². The van der Waals surface area contributed by atoms with E-state index >= 15 is 0 Å². The van der Waals surface area contributed by atoms with Crippen LogP contribution in [-0.4, -0.2) is 21.3 Å². The lowest BCUT2D eigenvalue weighted by Crippen LogP contribution is -1.96. The highest BCUT2D eigenvalue weighted by Crippen LogP contribution is 2.37. The maximum absolute atomic E-state index is 11.0. The van der Waals surface area contributed by atoms with Gasteiger partial charge in [-0.15, -0.1) is 0 Å². The molecule has 0 heterocycles. The molecule has 0 bridgehead atoms. The fraction of sp³-hybridized carbons (Fsp3) is 0. The van der Waals surface area contributed by atoms with E-state index in [1.807, 2.05) is 0 Å². The van der Waals surface area contributed by atoms with E-state index in [0.717, 1.165) is 24.4 Å². The van der Waals surface area contributed by atoms with Crippen molar-refractivity contribution in [3.05, 3.63) is 67.2 Å². The van der Waals surface area contributed by atoms with Crippen molar-refractivity contribution in [3.8, 4) is 11.5 Å². The van der Waals surface area contributed by atoms with Crippen LogP contribution in [0.5, 0.6) is 11.5 Å². The number of oxime groups is 1. The van der Waals surface area contributed by atoms with Gasteiger partial charge in [0.05, 0.1) is 27.2 Å². The standard InChI is InChI=1S/C13H8ClN3O6/c14-10-5-8(7-15-18)1-3-12(10)23-13-4-2-9(16(19)20)6-11(13)17(21)22/h1-7,18H/b15-7-. The average molecular weight is 338 g/mol. The highest BCUT2D eigenvalue weighted by molar-refractivity contribution is 6.32. The first-order chi connectivity index (χ1) is 10.9. The van der Waals surface area contributed by atoms with Crippen LogP contribution in [0.15, 0.2) is 41.6 Å². The summed E-state index contributed by atoms with van der Waals surface area (Å²) in [5.41, 5.74) is -0.496. The Kier molecular flexibility index (Phi) is 4.72. The Bertz CT molecular complexity index is 808. The summed E-state index contributed by atoms with van der Waals surface area (Å²) < 4.78 is 5.37. The number of nitrogens with zero attached hydrogens (tertiary/aromatic N) is 3. The molecule has 0 atom stereocenters. The summed E-state index contributed by atoms with van der Waals surface area (Å²) in [5, 5.41) is 33.1. The molecular weight excluding hydrogens is 330 g/mol. The summed E-state index contributed by atoms with van der Waals surface area (Å²) in [6, 6.07) is 7.37. The van der Waals surface area contributed by atoms with Crippen molar-refractivity contribution in [2.75, 3.05) is 0 Å². The topological polar surface area (TPSA) is 128 Å². The summed E-state index contributed by atoms with van der Waals surface area (Å²) >= 11 is 5.98. The molecule has 1 N–H and O–H groups in total. The number of hydrogen-bond donors (Lipinski definition) is 1. The molecule has 0 radical (unpaired) electrons. The summed E-state index contributed by atoms with van der Waals surface area (Å²) in [5.74, 6) is -0.0789. The van der Waals surface area contributed by atoms with Crippen molar-refractivity contribution < 1.29 is 19.8 Å². The van der Waals surface area contributed by atoms with E-state index < -0.39 is 21.2 Å². The second-order valence-corrected chi connectivity index (χ2v) is 4.61. The molecule has 0 aliphatic carbocycles. The predicted octanol–water partition coefficient (Wildman–Crippen LogP) is 3.76. The maximum atomic E-state index is 11.0. The Hall–Kier alpha value is -3.20. The number of nitro groups is 2. The molecule has 0 saturated carbocycles. The fourth-order valence-corrected chi connectivity index (χ4v) is 1.94. The van der Waals surface area contributed by atoms with Gasteiger partial charge in [-0.3, -0.25) is 20.2 Å². The normalized spacial score (nSPS) is 10.7. The monoisotopic (exact) mass is 337 g/mol. The summed E-state index contributed by atoms with van der Waals surface area (Å²) in [4.78, 5) is 20.2. The lowest BCUT2D eigenvalue weighted by molar-refractivity contribution is -0.394. The Morgan fingerprint density at radius 1 is 1.09 bits per heavy atom. The second-order valence-electron chi connectivity index (χ2n) is 4.20. The van der Waals surface area contributed by atoms with Gasteiger partial charge in [-0.2, -0.15) is 0 Å². The van der Waals surface area contributed by atoms with E-state index in [1.54, 1.807) is 0 Å². The minimum absolute atomic E-state index is 0.110. The van der Waals surface area contributed by atoms with Crippen LogP contribution < -0.4 is 4.74 Å². The van der Waals surface area contributed by atoms with Gasteiger partial charge in [0.15, 0.2) is 0 Å². The first-order valence-corrected chi connectivity index (χ1v) is 6.38. The zero-order valence-corrected chi connectivity index (χ0v) is 12.0. The number of benzene rings is 2. The minimum atomic E-state index is -0.789. The third-order valence-electron chi connectivity index (χ3n) is 2.73. The number of rotatable bonds is 5. The van der Waals surface area contributed by atoms with E-state index in [9.17, 15) is 20.2 Å². The number of ether oxygens (including phenoxy) is 1. The van der Waals surface area contributed by atoms with Crippen molar-refractivity contribution in [1.29, 1.82) is 0 Å². The van der Waals surface area contributed by atoms with Crippen LogP contribution in [0.2, 0.25) is 5.02 Å². The first-order valence-electron chi connectivity index (χ1n) is 6.00. The minimum Gasteiger partial charge on any atom is -0.449 e. The van der Waals surface area contributed by atoms with Gasteiger partial charge in [0.1, 0.15) is 5.75 Å². The number of hydrogen-bond acceptors (Lipinski definition) is 7. The highest BCUT2D eigenvalue weighted by Gasteiger charge is 2.21. The summed E-state index contributed by atoms with van der Waals surface area (Å²) in [7, 11) is 0. The van der Waals surface area contributed by atoms with Gasteiger partial charge in [0.2, 0.25) is 5.75 Å². The van der Waals surface area contributed by atoms with Crippen LogP contribution in [0.3, 0.4) is 0 Å². The van der Waals surface area contributed by atoms with Crippen LogP contribution in [-0.2, 0) is 0 Å². The third-order valence-corrected chi connectivity index (χ3v) is 3.03. The number of halogens is 1. The lowest BCUT2D eigenvalue weighted by Gasteiger charge is -2.08. The molecular formula is C13H8ClN3O6. The van der Waals surface area contributed by atoms with Gasteiger partial charge in [-0.25, -0.2) is 0 Å². The van der Waals surface area contributed by atoms with Crippen LogP contribution in [0.4, 0.5) is 11.4 Å². The molecule has 2 aromatic rings. The van der Waals surface area contributed by atoms with Crippen LogP contribution in [0, 0.1) is 20.2 Å². The van der Waals surface area contributed by atoms with Gasteiger partial charge in [-0.05, 0) is 29.8 Å². The van der Waals surface area contributed by atoms with Crippen molar-refractivity contribution in [1.82, 2.24) is 0 Å². The molecule has 0 fully saturated rings. The fourth-order valence-electron chi connectivity index (χ4n) is 1.71. The highest BCUT2D eigenvalue weighted by atomic mass is 35.5. The van der Waals surface area contributed by atoms with E-state index in [1.165, 1.54) is 18.2 Å². The van der Waals surface area contributed by atoms with Crippen LogP contribution in [0.1, 0.15) is 5.56 Å². The Morgan fingerprint density at radius 2 is 1.78 bits per heavy atom. The molecule has 0 spiro atoms. The van der Waals surface area contributed by atoms with Crippen molar-refractivity contribution >= 4 is 29.2 Å². The number of non-ortho nitro benzene ring substituents is 1. The van der Waals surface area contributed by atoms with Crippen molar-refractivity contribution in [3.63, 3.8) is 0 Å². The smallest absolute Gasteiger partial charge is 0.318 e. The van der Waals surface area contributed by atoms with E-state index in [2.05, 4.69) is 5.16 Å². The molecule has 0 aliphatic heterocycles. The lowest BCUT2D eigenvalue weighted by atomic mass is 10.2. The quantitative estimate of drug-likeness (QED) is 0.383. The van der Waals surface area contributed by atoms with Gasteiger partial charge >= 0.3 is 5.69 Å². The van der Waals surface area contributed by atoms with Gasteiger partial charge in [-0.1, -0.05) is 16.8 Å². The molecule has 0 aromatic heterocycles. The Labute approximate surface area is 133 Å². The van der Waals surface area contributed by atoms with E-state index in [4.69, 9.17) is 21.5 Å². The molecule has 2 aromatic carbocycles. The number of nitro benzene ring substituents is 2. The van der Waals surface area contributed by atoms with Gasteiger partial charge in [0.25, 0.3) is 5.69 Å². The average Bonchev–Trinajstić information content (AvgIpc) is 2.50. The van der Waals surface area contributed by atoms with E-state index in [-0.39, 0.29) is 16.5 Å². The first kappa shape index (κ1) is 16.2. The zero-order valence-electron chi connectivity index (χ0n) is 11.2. The summed E-state index contributed by atoms with van der Waals surface area (Å²) in [6.07, 6.45) is 1.14. The molecule has 0 aliphatic rings. The molecule has 2 rings (SSSR count). The van der Waals surface area contributed by atoms with Gasteiger partial charge < -0.3 is 9.94 Å². The zero-order chi connectivity index (χ0) is 17.0. The molecule has 23 heavy (non-hydrogen) atoms. The largest absolute Gasteiger partial charge is 0.449 e. The van der Waals surface area contributed by atoms with E-state index in [0.29, 0.717) is 5.56 Å². The Balaban J connectivity index is 2.40. The predicted molar refractivity (Wildman–Crippen MR) is 80.7 cm³/mol. The SMILES string of the molecule is O=[N+]([O-])c1ccc(Oc2ccc(/C=N\O)cc2Cl)c([N+](=O)[O-])c1. The van der Waals surface area contributed by atoms with Crippen molar-refractivity contribution in [2.24, 2.45) is 5.16 Å². The molecule has 9 nitrogen and oxygen atoms in total. The molecule has 10 heteroatoms. The molecule has 118 valence electrons. The maximum Gasteiger partial charge on any atom is 0.318 e. The summed E-state index contributed by atoms with van der Waals surface area (Å²) in [6.45, 7) is 0. The van der Waals surface area contributed by atoms with Gasteiger partial charge in [0, 0.05) is 6.07 Å². The molecule has 0 saturated heterocycles. The Morgan fingerprint density at radius 3 is 2.35 bits per heavy atom.